The van der Waals surface area contributed by atoms with Crippen LogP contribution in [-0.2, 0) is 30.3 Å². The zero-order valence-corrected chi connectivity index (χ0v) is 28.2. The van der Waals surface area contributed by atoms with Gasteiger partial charge in [-0.1, -0.05) is 59.7 Å². The van der Waals surface area contributed by atoms with Gasteiger partial charge in [0.05, 0.1) is 11.3 Å². The van der Waals surface area contributed by atoms with Crippen LogP contribution < -0.4 is 0 Å². The molecule has 2 aromatic carbocycles. The molecule has 223 valence electrons. The fourth-order valence-corrected chi connectivity index (χ4v) is 7.02. The van der Waals surface area contributed by atoms with Gasteiger partial charge in [0.25, 0.3) is 0 Å². The first-order valence-corrected chi connectivity index (χ1v) is 15.6. The predicted octanol–water partition coefficient (Wildman–Crippen LogP) is 10.0. The summed E-state index contributed by atoms with van der Waals surface area (Å²) >= 11 is 0. The van der Waals surface area contributed by atoms with Gasteiger partial charge in [-0.3, -0.25) is 9.78 Å². The van der Waals surface area contributed by atoms with Crippen molar-refractivity contribution in [2.75, 3.05) is 0 Å². The largest absolute Gasteiger partial charge is 0.512 e. The average Bonchev–Trinajstić information content (AvgIpc) is 3.57. The van der Waals surface area contributed by atoms with Crippen LogP contribution in [0.4, 0.5) is 0 Å². The van der Waals surface area contributed by atoms with E-state index in [0.29, 0.717) is 5.41 Å². The second kappa shape index (κ2) is 14.7. The number of pyridine rings is 1. The first-order chi connectivity index (χ1) is 19.2. The zero-order chi connectivity index (χ0) is 28.9. The Balaban J connectivity index is 0.000000253. The molecule has 1 heterocycles. The quantitative estimate of drug-likeness (QED) is 0.136. The minimum absolute atomic E-state index is 0. The molecular weight excluding hydrogens is 683 g/mol. The summed E-state index contributed by atoms with van der Waals surface area (Å²) in [5.74, 6) is 1.53. The van der Waals surface area contributed by atoms with Crippen molar-refractivity contribution in [3.63, 3.8) is 0 Å². The van der Waals surface area contributed by atoms with Gasteiger partial charge in [0.1, 0.15) is 0 Å². The Bertz CT molecular complexity index is 1320. The Hall–Kier alpha value is -2.29. The van der Waals surface area contributed by atoms with Crippen molar-refractivity contribution in [3.05, 3.63) is 77.1 Å². The first kappa shape index (κ1) is 33.2. The molecule has 0 spiro atoms. The number of ketones is 1. The fraction of sp³-hybridized carbons (Fsp3) is 0.514. The summed E-state index contributed by atoms with van der Waals surface area (Å²) in [4.78, 5) is 16.6. The second-order valence-electron chi connectivity index (χ2n) is 12.3. The van der Waals surface area contributed by atoms with E-state index >= 15 is 0 Å². The van der Waals surface area contributed by atoms with Crippen molar-refractivity contribution in [1.29, 1.82) is 0 Å². The summed E-state index contributed by atoms with van der Waals surface area (Å²) in [7, 11) is 0. The number of fused-ring (bicyclic) bond motifs is 3. The summed E-state index contributed by atoms with van der Waals surface area (Å²) < 4.78 is 0. The molecule has 0 unspecified atom stereocenters. The van der Waals surface area contributed by atoms with Crippen molar-refractivity contribution in [2.45, 2.75) is 105 Å². The summed E-state index contributed by atoms with van der Waals surface area (Å²) in [6, 6.07) is 19.2. The van der Waals surface area contributed by atoms with E-state index in [1.165, 1.54) is 54.7 Å². The molecule has 0 atom stereocenters. The van der Waals surface area contributed by atoms with Crippen LogP contribution in [0.15, 0.2) is 54.3 Å². The normalized spacial score (nSPS) is 19.8. The molecule has 0 aliphatic heterocycles. The van der Waals surface area contributed by atoms with Gasteiger partial charge in [0, 0.05) is 38.0 Å². The molecule has 3 aromatic rings. The molecule has 0 amide bonds. The molecule has 1 aromatic heterocycles. The number of hydrogen-bond donors (Lipinski definition) is 1. The molecule has 1 N–H and O–H groups in total. The summed E-state index contributed by atoms with van der Waals surface area (Å²) in [6.45, 7) is 12.3. The number of nitrogens with zero attached hydrogens (tertiary/aromatic N) is 1. The van der Waals surface area contributed by atoms with Gasteiger partial charge in [-0.05, 0) is 97.9 Å². The third-order valence-electron chi connectivity index (χ3n) is 9.55. The van der Waals surface area contributed by atoms with E-state index < -0.39 is 0 Å². The Labute approximate surface area is 261 Å². The maximum atomic E-state index is 11.7. The van der Waals surface area contributed by atoms with Gasteiger partial charge < -0.3 is 5.11 Å². The van der Waals surface area contributed by atoms with E-state index in [-0.39, 0.29) is 43.5 Å². The van der Waals surface area contributed by atoms with Crippen molar-refractivity contribution in [1.82, 2.24) is 4.98 Å². The fourth-order valence-electron chi connectivity index (χ4n) is 7.02. The molecule has 3 nitrogen and oxygen atoms in total. The van der Waals surface area contributed by atoms with Gasteiger partial charge in [0.15, 0.2) is 5.78 Å². The number of aliphatic hydroxyl groups is 1. The summed E-state index contributed by atoms with van der Waals surface area (Å²) in [5, 5.41) is 11.0. The minimum atomic E-state index is 0. The third kappa shape index (κ3) is 7.76. The van der Waals surface area contributed by atoms with Gasteiger partial charge in [-0.25, -0.2) is 0 Å². The van der Waals surface area contributed by atoms with Gasteiger partial charge in [0.2, 0.25) is 0 Å². The number of aromatic nitrogens is 1. The molecule has 41 heavy (non-hydrogen) atoms. The number of carbonyl (C=O) groups excluding carboxylic acids is 1. The molecule has 2 bridgehead atoms. The molecular formula is C37H48IrNO2-. The Morgan fingerprint density at radius 3 is 2.20 bits per heavy atom. The molecule has 2 aliphatic carbocycles. The van der Waals surface area contributed by atoms with Gasteiger partial charge in [-0.2, -0.15) is 0 Å². The maximum absolute atomic E-state index is 11.7. The molecule has 2 saturated carbocycles. The topological polar surface area (TPSA) is 50.2 Å². The van der Waals surface area contributed by atoms with Crippen LogP contribution in [0.3, 0.4) is 0 Å². The van der Waals surface area contributed by atoms with E-state index in [2.05, 4.69) is 62.4 Å². The van der Waals surface area contributed by atoms with E-state index in [9.17, 15) is 9.90 Å². The molecule has 0 saturated heterocycles. The van der Waals surface area contributed by atoms with Gasteiger partial charge >= 0.3 is 0 Å². The third-order valence-corrected chi connectivity index (χ3v) is 9.55. The van der Waals surface area contributed by atoms with E-state index in [1.807, 2.05) is 27.7 Å². The first-order valence-electron chi connectivity index (χ1n) is 15.6. The van der Waals surface area contributed by atoms with Crippen LogP contribution in [-0.4, -0.2) is 15.9 Å². The molecule has 5 rings (SSSR count). The summed E-state index contributed by atoms with van der Waals surface area (Å²) in [5.41, 5.74) is 7.66. The SMILES string of the molecule is CCC(CC)C(=O)/C=C(\O)C(CC)CC.Cc1[c-]c(-c2ccc3cc(C45CCC(CC4)C5)ccc3n2)cc(C)c1.[Ir]. The summed E-state index contributed by atoms with van der Waals surface area (Å²) in [6.07, 6.45) is 11.9. The minimum Gasteiger partial charge on any atom is -0.512 e. The van der Waals surface area contributed by atoms with Gasteiger partial charge in [-0.15, -0.1) is 34.9 Å². The van der Waals surface area contributed by atoms with Crippen LogP contribution >= 0.6 is 0 Å². The van der Waals surface area contributed by atoms with Crippen LogP contribution in [0.25, 0.3) is 22.2 Å². The number of benzene rings is 2. The number of allylic oxidation sites excluding steroid dienone is 2. The molecule has 2 fully saturated rings. The van der Waals surface area contributed by atoms with Crippen LogP contribution in [0, 0.1) is 37.7 Å². The Morgan fingerprint density at radius 1 is 0.976 bits per heavy atom. The second-order valence-corrected chi connectivity index (χ2v) is 12.3. The van der Waals surface area contributed by atoms with Crippen LogP contribution in [0.5, 0.6) is 0 Å². The molecule has 2 aliphatic rings. The Morgan fingerprint density at radius 2 is 1.63 bits per heavy atom. The molecule has 1 radical (unpaired) electrons. The molecule has 4 heteroatoms. The number of aryl methyl sites for hydroxylation is 2. The van der Waals surface area contributed by atoms with E-state index in [4.69, 9.17) is 4.98 Å². The maximum Gasteiger partial charge on any atom is 0.162 e. The van der Waals surface area contributed by atoms with E-state index in [0.717, 1.165) is 48.4 Å². The van der Waals surface area contributed by atoms with Crippen molar-refractivity contribution >= 4 is 16.7 Å². The standard InChI is InChI=1S/C24H24N.C13H24O2.Ir/c1-16-11-17(2)13-20(12-16)23-5-3-19-14-21(4-6-22(19)25-23)24-9-7-18(15-24)8-10-24;1-5-10(6-2)12(14)9-13(15)11(7-3)8-4;/h3-6,11-12,14,18H,7-10,15H2,1-2H3;9-11,14H,5-8H2,1-4H3;/q-1;;/b;12-9-;. The van der Waals surface area contributed by atoms with E-state index in [1.54, 1.807) is 5.56 Å². The number of aliphatic hydroxyl groups excluding tert-OH is 1. The average molecular weight is 731 g/mol. The van der Waals surface area contributed by atoms with Crippen molar-refractivity contribution in [2.24, 2.45) is 17.8 Å². The van der Waals surface area contributed by atoms with Crippen LogP contribution in [0.1, 0.15) is 102 Å². The van der Waals surface area contributed by atoms with Crippen molar-refractivity contribution < 1.29 is 30.0 Å². The zero-order valence-electron chi connectivity index (χ0n) is 25.9. The monoisotopic (exact) mass is 731 g/mol. The number of carbonyl (C=O) groups is 1. The Kier molecular flexibility index (Phi) is 11.9. The number of hydrogen-bond acceptors (Lipinski definition) is 3. The van der Waals surface area contributed by atoms with Crippen molar-refractivity contribution in [3.8, 4) is 11.3 Å². The number of rotatable bonds is 9. The predicted molar refractivity (Wildman–Crippen MR) is 168 cm³/mol. The van der Waals surface area contributed by atoms with Crippen LogP contribution in [0.2, 0.25) is 0 Å². The smallest absolute Gasteiger partial charge is 0.162 e.